The van der Waals surface area contributed by atoms with Gasteiger partial charge in [-0.3, -0.25) is 0 Å². The molecular weight excluding hydrogens is 332 g/mol. The van der Waals surface area contributed by atoms with Crippen molar-refractivity contribution in [1.29, 1.82) is 0 Å². The number of benzene rings is 1. The fourth-order valence-electron chi connectivity index (χ4n) is 2.99. The van der Waals surface area contributed by atoms with Gasteiger partial charge in [0.1, 0.15) is 11.7 Å². The van der Waals surface area contributed by atoms with Crippen molar-refractivity contribution >= 4 is 17.7 Å². The van der Waals surface area contributed by atoms with Crippen LogP contribution in [-0.4, -0.2) is 55.9 Å². The number of likely N-dealkylation sites (tertiary alicyclic amines) is 1. The number of carbonyl (C=O) groups excluding carboxylic acids is 2. The van der Waals surface area contributed by atoms with Crippen LogP contribution in [0.5, 0.6) is 0 Å². The SMILES string of the molecule is Cc1cc(C(=O)OC2CCN(C(=O)OC(C)(C)C)CC2)ccc1N(C)C. The van der Waals surface area contributed by atoms with E-state index in [0.717, 1.165) is 11.3 Å². The zero-order valence-corrected chi connectivity index (χ0v) is 16.7. The van der Waals surface area contributed by atoms with Crippen LogP contribution in [0.3, 0.4) is 0 Å². The average molecular weight is 362 g/mol. The second-order valence-electron chi connectivity index (χ2n) is 7.97. The highest BCUT2D eigenvalue weighted by Gasteiger charge is 2.28. The number of piperidine rings is 1. The molecule has 1 fully saturated rings. The lowest BCUT2D eigenvalue weighted by molar-refractivity contribution is -0.00340. The van der Waals surface area contributed by atoms with E-state index in [9.17, 15) is 9.59 Å². The highest BCUT2D eigenvalue weighted by atomic mass is 16.6. The van der Waals surface area contributed by atoms with Gasteiger partial charge in [-0.2, -0.15) is 0 Å². The molecular formula is C20H30N2O4. The van der Waals surface area contributed by atoms with Crippen LogP contribution in [-0.2, 0) is 9.47 Å². The molecule has 0 saturated carbocycles. The van der Waals surface area contributed by atoms with Gasteiger partial charge in [-0.25, -0.2) is 9.59 Å². The monoisotopic (exact) mass is 362 g/mol. The van der Waals surface area contributed by atoms with Crippen LogP contribution < -0.4 is 4.90 Å². The molecule has 0 aromatic heterocycles. The minimum atomic E-state index is -0.503. The Balaban J connectivity index is 1.88. The first kappa shape index (κ1) is 20.1. The first-order chi connectivity index (χ1) is 12.1. The molecule has 1 aromatic rings. The molecule has 1 saturated heterocycles. The van der Waals surface area contributed by atoms with E-state index >= 15 is 0 Å². The summed E-state index contributed by atoms with van der Waals surface area (Å²) in [6.45, 7) is 8.59. The molecule has 1 heterocycles. The summed E-state index contributed by atoms with van der Waals surface area (Å²) in [6.07, 6.45) is 0.770. The summed E-state index contributed by atoms with van der Waals surface area (Å²) in [6, 6.07) is 5.57. The van der Waals surface area contributed by atoms with Crippen molar-refractivity contribution in [3.05, 3.63) is 29.3 Å². The Kier molecular flexibility index (Phi) is 6.16. The normalized spacial score (nSPS) is 15.5. The van der Waals surface area contributed by atoms with E-state index in [1.807, 2.05) is 58.8 Å². The van der Waals surface area contributed by atoms with Crippen molar-refractivity contribution in [3.63, 3.8) is 0 Å². The van der Waals surface area contributed by atoms with Crippen LogP contribution in [0.2, 0.25) is 0 Å². The van der Waals surface area contributed by atoms with Crippen molar-refractivity contribution in [2.75, 3.05) is 32.1 Å². The van der Waals surface area contributed by atoms with Crippen LogP contribution in [0, 0.1) is 6.92 Å². The van der Waals surface area contributed by atoms with E-state index in [-0.39, 0.29) is 18.2 Å². The molecule has 26 heavy (non-hydrogen) atoms. The van der Waals surface area contributed by atoms with Gasteiger partial charge in [-0.05, 0) is 51.5 Å². The van der Waals surface area contributed by atoms with E-state index in [4.69, 9.17) is 9.47 Å². The fraction of sp³-hybridized carbons (Fsp3) is 0.600. The number of hydrogen-bond acceptors (Lipinski definition) is 5. The molecule has 0 atom stereocenters. The molecule has 1 aliphatic rings. The van der Waals surface area contributed by atoms with Crippen LogP contribution in [0.1, 0.15) is 49.5 Å². The van der Waals surface area contributed by atoms with Gasteiger partial charge in [-0.15, -0.1) is 0 Å². The van der Waals surface area contributed by atoms with E-state index in [1.165, 1.54) is 0 Å². The number of anilines is 1. The first-order valence-corrected chi connectivity index (χ1v) is 9.03. The molecule has 0 aliphatic carbocycles. The predicted molar refractivity (Wildman–Crippen MR) is 102 cm³/mol. The van der Waals surface area contributed by atoms with Crippen molar-refractivity contribution < 1.29 is 19.1 Å². The van der Waals surface area contributed by atoms with Gasteiger partial charge in [0.25, 0.3) is 0 Å². The number of amides is 1. The highest BCUT2D eigenvalue weighted by molar-refractivity contribution is 5.90. The third-order valence-electron chi connectivity index (χ3n) is 4.28. The average Bonchev–Trinajstić information content (AvgIpc) is 2.53. The number of rotatable bonds is 3. The van der Waals surface area contributed by atoms with Gasteiger partial charge in [0.15, 0.2) is 0 Å². The molecule has 0 N–H and O–H groups in total. The molecule has 1 aromatic carbocycles. The molecule has 144 valence electrons. The van der Waals surface area contributed by atoms with Crippen LogP contribution in [0.25, 0.3) is 0 Å². The maximum absolute atomic E-state index is 12.4. The predicted octanol–water partition coefficient (Wildman–Crippen LogP) is 3.62. The van der Waals surface area contributed by atoms with E-state index < -0.39 is 5.60 Å². The number of nitrogens with zero attached hydrogens (tertiary/aromatic N) is 2. The van der Waals surface area contributed by atoms with Gasteiger partial charge in [0, 0.05) is 45.7 Å². The number of carbonyl (C=O) groups is 2. The minimum Gasteiger partial charge on any atom is -0.459 e. The van der Waals surface area contributed by atoms with Crippen molar-refractivity contribution in [2.45, 2.75) is 52.2 Å². The summed E-state index contributed by atoms with van der Waals surface area (Å²) in [5.41, 5.74) is 2.16. The highest BCUT2D eigenvalue weighted by Crippen LogP contribution is 2.22. The van der Waals surface area contributed by atoms with Gasteiger partial charge in [0.2, 0.25) is 0 Å². The Morgan fingerprint density at radius 3 is 2.27 bits per heavy atom. The lowest BCUT2D eigenvalue weighted by Crippen LogP contribution is -2.43. The minimum absolute atomic E-state index is 0.171. The van der Waals surface area contributed by atoms with Gasteiger partial charge in [-0.1, -0.05) is 0 Å². The molecule has 2 rings (SSSR count). The standard InChI is InChI=1S/C20H30N2O4/c1-14-13-15(7-8-17(14)21(5)6)18(23)25-16-9-11-22(12-10-16)19(24)26-20(2,3)4/h7-8,13,16H,9-12H2,1-6H3. The molecule has 0 unspecified atom stereocenters. The number of hydrogen-bond donors (Lipinski definition) is 0. The molecule has 6 heteroatoms. The van der Waals surface area contributed by atoms with Crippen LogP contribution in [0.15, 0.2) is 18.2 Å². The van der Waals surface area contributed by atoms with Crippen molar-refractivity contribution in [2.24, 2.45) is 0 Å². The molecule has 0 spiro atoms. The fourth-order valence-corrected chi connectivity index (χ4v) is 2.99. The summed E-state index contributed by atoms with van der Waals surface area (Å²) in [5, 5.41) is 0. The first-order valence-electron chi connectivity index (χ1n) is 9.03. The number of aryl methyl sites for hydroxylation is 1. The van der Waals surface area contributed by atoms with Gasteiger partial charge >= 0.3 is 12.1 Å². The van der Waals surface area contributed by atoms with E-state index in [1.54, 1.807) is 11.0 Å². The van der Waals surface area contributed by atoms with Crippen LogP contribution in [0.4, 0.5) is 10.5 Å². The zero-order valence-electron chi connectivity index (χ0n) is 16.7. The number of ether oxygens (including phenoxy) is 2. The largest absolute Gasteiger partial charge is 0.459 e. The Bertz CT molecular complexity index is 656. The summed E-state index contributed by atoms with van der Waals surface area (Å²) in [4.78, 5) is 28.2. The molecule has 1 amide bonds. The third-order valence-corrected chi connectivity index (χ3v) is 4.28. The summed E-state index contributed by atoms with van der Waals surface area (Å²) >= 11 is 0. The lowest BCUT2D eigenvalue weighted by Gasteiger charge is -2.33. The quantitative estimate of drug-likeness (QED) is 0.769. The Labute approximate surface area is 156 Å². The van der Waals surface area contributed by atoms with Crippen LogP contribution >= 0.6 is 0 Å². The van der Waals surface area contributed by atoms with Crippen molar-refractivity contribution in [3.8, 4) is 0 Å². The van der Waals surface area contributed by atoms with E-state index in [0.29, 0.717) is 31.5 Å². The molecule has 0 radical (unpaired) electrons. The number of esters is 1. The Hall–Kier alpha value is -2.24. The molecule has 1 aliphatic heterocycles. The maximum atomic E-state index is 12.4. The zero-order chi connectivity index (χ0) is 19.5. The van der Waals surface area contributed by atoms with Gasteiger partial charge < -0.3 is 19.3 Å². The van der Waals surface area contributed by atoms with Gasteiger partial charge in [0.05, 0.1) is 5.56 Å². The summed E-state index contributed by atoms with van der Waals surface area (Å²) < 4.78 is 11.0. The molecule has 6 nitrogen and oxygen atoms in total. The smallest absolute Gasteiger partial charge is 0.410 e. The maximum Gasteiger partial charge on any atom is 0.410 e. The second kappa shape index (κ2) is 7.98. The molecule has 0 bridgehead atoms. The summed E-state index contributed by atoms with van der Waals surface area (Å²) in [7, 11) is 3.94. The Morgan fingerprint density at radius 2 is 1.77 bits per heavy atom. The summed E-state index contributed by atoms with van der Waals surface area (Å²) in [5.74, 6) is -0.311. The second-order valence-corrected chi connectivity index (χ2v) is 7.97. The lowest BCUT2D eigenvalue weighted by atomic mass is 10.1. The third kappa shape index (κ3) is 5.38. The Morgan fingerprint density at radius 1 is 1.15 bits per heavy atom. The van der Waals surface area contributed by atoms with Crippen molar-refractivity contribution in [1.82, 2.24) is 4.90 Å². The topological polar surface area (TPSA) is 59.1 Å². The van der Waals surface area contributed by atoms with E-state index in [2.05, 4.69) is 0 Å².